The number of hydrogen-bond acceptors (Lipinski definition) is 4. The fourth-order valence-corrected chi connectivity index (χ4v) is 3.21. The smallest absolute Gasteiger partial charge is 0.351 e. The Morgan fingerprint density at radius 3 is 2.41 bits per heavy atom. The van der Waals surface area contributed by atoms with E-state index in [9.17, 15) is 9.90 Å². The van der Waals surface area contributed by atoms with Gasteiger partial charge in [-0.3, -0.25) is 0 Å². The van der Waals surface area contributed by atoms with Crippen molar-refractivity contribution in [3.63, 3.8) is 0 Å². The van der Waals surface area contributed by atoms with Crippen molar-refractivity contribution in [2.45, 2.75) is 57.2 Å². The second kappa shape index (κ2) is 7.30. The Kier molecular flexibility index (Phi) is 5.66. The third-order valence-electron chi connectivity index (χ3n) is 4.66. The van der Waals surface area contributed by atoms with Crippen molar-refractivity contribution >= 4 is 5.97 Å². The fourth-order valence-electron chi connectivity index (χ4n) is 3.21. The standard InChI is InChI=1S/C18H27NO3/c1-14(2)8-11-18(21,15-6-4-5-7-15)17(20)22-16-9-12-19(3)13-10-16/h15-16,21H,1,4-7,9-10,12-13H2,2-3H3. The molecule has 1 saturated heterocycles. The van der Waals surface area contributed by atoms with Gasteiger partial charge in [-0.25, -0.2) is 4.79 Å². The minimum absolute atomic E-state index is 0.108. The van der Waals surface area contributed by atoms with Crippen LogP contribution in [0.25, 0.3) is 0 Å². The molecule has 1 unspecified atom stereocenters. The van der Waals surface area contributed by atoms with Gasteiger partial charge in [-0.1, -0.05) is 31.3 Å². The molecule has 2 fully saturated rings. The quantitative estimate of drug-likeness (QED) is 0.641. The summed E-state index contributed by atoms with van der Waals surface area (Å²) in [6, 6.07) is 0. The molecule has 1 saturated carbocycles. The van der Waals surface area contributed by atoms with Crippen LogP contribution in [0.4, 0.5) is 0 Å². The van der Waals surface area contributed by atoms with Crippen molar-refractivity contribution in [3.8, 4) is 11.8 Å². The van der Waals surface area contributed by atoms with E-state index in [-0.39, 0.29) is 12.0 Å². The Bertz CT molecular complexity index is 476. The number of ether oxygens (including phenoxy) is 1. The molecule has 0 aromatic rings. The first-order valence-corrected chi connectivity index (χ1v) is 8.22. The number of carbonyl (C=O) groups is 1. The Labute approximate surface area is 133 Å². The number of piperidine rings is 1. The van der Waals surface area contributed by atoms with E-state index in [0.717, 1.165) is 51.6 Å². The van der Waals surface area contributed by atoms with Gasteiger partial charge in [0.05, 0.1) is 0 Å². The molecule has 2 aliphatic rings. The average molecular weight is 305 g/mol. The lowest BCUT2D eigenvalue weighted by Gasteiger charge is -2.32. The molecular formula is C18H27NO3. The first-order chi connectivity index (χ1) is 10.4. The van der Waals surface area contributed by atoms with Crippen LogP contribution in [-0.4, -0.2) is 47.8 Å². The van der Waals surface area contributed by atoms with Gasteiger partial charge < -0.3 is 14.7 Å². The van der Waals surface area contributed by atoms with Gasteiger partial charge in [0, 0.05) is 19.0 Å². The molecule has 0 bridgehead atoms. The molecule has 4 nitrogen and oxygen atoms in total. The van der Waals surface area contributed by atoms with E-state index in [4.69, 9.17) is 4.74 Å². The number of rotatable bonds is 3. The SMILES string of the molecule is C=C(C)C#CC(O)(C(=O)OC1CCN(C)CC1)C1CCCC1. The molecule has 22 heavy (non-hydrogen) atoms. The van der Waals surface area contributed by atoms with Crippen molar-refractivity contribution in [1.29, 1.82) is 0 Å². The molecule has 2 rings (SSSR count). The van der Waals surface area contributed by atoms with Crippen LogP contribution in [0, 0.1) is 17.8 Å². The maximum Gasteiger partial charge on any atom is 0.351 e. The largest absolute Gasteiger partial charge is 0.459 e. The molecule has 1 N–H and O–H groups in total. The minimum atomic E-state index is -1.68. The normalized spacial score (nSPS) is 23.4. The zero-order valence-corrected chi connectivity index (χ0v) is 13.7. The molecule has 122 valence electrons. The Morgan fingerprint density at radius 2 is 1.86 bits per heavy atom. The van der Waals surface area contributed by atoms with Gasteiger partial charge in [-0.15, -0.1) is 0 Å². The maximum absolute atomic E-state index is 12.6. The summed E-state index contributed by atoms with van der Waals surface area (Å²) in [5.74, 6) is 4.85. The highest BCUT2D eigenvalue weighted by molar-refractivity contribution is 5.84. The molecular weight excluding hydrogens is 278 g/mol. The van der Waals surface area contributed by atoms with Crippen molar-refractivity contribution in [3.05, 3.63) is 12.2 Å². The lowest BCUT2D eigenvalue weighted by Crippen LogP contribution is -2.47. The van der Waals surface area contributed by atoms with Crippen LogP contribution in [0.15, 0.2) is 12.2 Å². The zero-order chi connectivity index (χ0) is 16.2. The molecule has 4 heteroatoms. The topological polar surface area (TPSA) is 49.8 Å². The molecule has 0 aromatic heterocycles. The summed E-state index contributed by atoms with van der Waals surface area (Å²) in [5.41, 5.74) is -1.04. The highest BCUT2D eigenvalue weighted by atomic mass is 16.6. The van der Waals surface area contributed by atoms with Crippen LogP contribution in [-0.2, 0) is 9.53 Å². The number of carbonyl (C=O) groups excluding carboxylic acids is 1. The lowest BCUT2D eigenvalue weighted by molar-refractivity contribution is -0.171. The van der Waals surface area contributed by atoms with Gasteiger partial charge in [0.1, 0.15) is 6.10 Å². The molecule has 1 atom stereocenters. The van der Waals surface area contributed by atoms with E-state index in [1.165, 1.54) is 0 Å². The second-order valence-electron chi connectivity index (χ2n) is 6.69. The van der Waals surface area contributed by atoms with Gasteiger partial charge in [0.2, 0.25) is 5.60 Å². The summed E-state index contributed by atoms with van der Waals surface area (Å²) < 4.78 is 5.60. The molecule has 1 aliphatic heterocycles. The minimum Gasteiger partial charge on any atom is -0.459 e. The van der Waals surface area contributed by atoms with Crippen LogP contribution < -0.4 is 0 Å². The van der Waals surface area contributed by atoms with Gasteiger partial charge >= 0.3 is 5.97 Å². The van der Waals surface area contributed by atoms with E-state index in [1.54, 1.807) is 6.92 Å². The van der Waals surface area contributed by atoms with Gasteiger partial charge in [-0.05, 0) is 45.2 Å². The van der Waals surface area contributed by atoms with Crippen LogP contribution in [0.1, 0.15) is 45.4 Å². The highest BCUT2D eigenvalue weighted by Crippen LogP contribution is 2.35. The number of likely N-dealkylation sites (tertiary alicyclic amines) is 1. The summed E-state index contributed by atoms with van der Waals surface area (Å²) in [5, 5.41) is 10.9. The first kappa shape index (κ1) is 17.1. The number of aliphatic hydroxyl groups is 1. The Hall–Kier alpha value is -1.31. The predicted molar refractivity (Wildman–Crippen MR) is 86.1 cm³/mol. The van der Waals surface area contributed by atoms with E-state index >= 15 is 0 Å². The van der Waals surface area contributed by atoms with E-state index in [1.807, 2.05) is 0 Å². The summed E-state index contributed by atoms with van der Waals surface area (Å²) >= 11 is 0. The molecule has 0 aromatic carbocycles. The highest BCUT2D eigenvalue weighted by Gasteiger charge is 2.46. The predicted octanol–water partition coefficient (Wildman–Crippen LogP) is 2.12. The molecule has 0 amide bonds. The summed E-state index contributed by atoms with van der Waals surface area (Å²) in [7, 11) is 2.06. The van der Waals surface area contributed by atoms with E-state index in [0.29, 0.717) is 5.57 Å². The first-order valence-electron chi connectivity index (χ1n) is 8.22. The van der Waals surface area contributed by atoms with Gasteiger partial charge in [0.15, 0.2) is 0 Å². The Morgan fingerprint density at radius 1 is 1.27 bits per heavy atom. The van der Waals surface area contributed by atoms with Crippen LogP contribution in [0.5, 0.6) is 0 Å². The van der Waals surface area contributed by atoms with Gasteiger partial charge in [-0.2, -0.15) is 0 Å². The van der Waals surface area contributed by atoms with E-state index in [2.05, 4.69) is 30.4 Å². The average Bonchev–Trinajstić information content (AvgIpc) is 3.02. The molecule has 1 aliphatic carbocycles. The summed E-state index contributed by atoms with van der Waals surface area (Å²) in [6.07, 6.45) is 5.23. The fraction of sp³-hybridized carbons (Fsp3) is 0.722. The monoisotopic (exact) mass is 305 g/mol. The molecule has 0 radical (unpaired) electrons. The van der Waals surface area contributed by atoms with Gasteiger partial charge in [0.25, 0.3) is 0 Å². The molecule has 0 spiro atoms. The number of allylic oxidation sites excluding steroid dienone is 1. The summed E-state index contributed by atoms with van der Waals surface area (Å²) in [6.45, 7) is 7.32. The van der Waals surface area contributed by atoms with Crippen molar-refractivity contribution in [2.75, 3.05) is 20.1 Å². The van der Waals surface area contributed by atoms with Crippen LogP contribution >= 0.6 is 0 Å². The maximum atomic E-state index is 12.6. The van der Waals surface area contributed by atoms with E-state index < -0.39 is 11.6 Å². The third-order valence-corrected chi connectivity index (χ3v) is 4.66. The van der Waals surface area contributed by atoms with Crippen LogP contribution in [0.3, 0.4) is 0 Å². The second-order valence-corrected chi connectivity index (χ2v) is 6.69. The van der Waals surface area contributed by atoms with Crippen molar-refractivity contribution in [2.24, 2.45) is 5.92 Å². The molecule has 1 heterocycles. The third kappa shape index (κ3) is 4.12. The zero-order valence-electron chi connectivity index (χ0n) is 13.7. The van der Waals surface area contributed by atoms with Crippen molar-refractivity contribution in [1.82, 2.24) is 4.90 Å². The lowest BCUT2D eigenvalue weighted by atomic mass is 9.86. The Balaban J connectivity index is 2.09. The summed E-state index contributed by atoms with van der Waals surface area (Å²) in [4.78, 5) is 14.8. The number of nitrogens with zero attached hydrogens (tertiary/aromatic N) is 1. The number of hydrogen-bond donors (Lipinski definition) is 1. The van der Waals surface area contributed by atoms with Crippen molar-refractivity contribution < 1.29 is 14.6 Å². The number of esters is 1. The van der Waals surface area contributed by atoms with Crippen LogP contribution in [0.2, 0.25) is 0 Å².